The molecule has 2 rings (SSSR count). The van der Waals surface area contributed by atoms with Crippen LogP contribution in [0.4, 0.5) is 0 Å². The molecule has 0 aliphatic heterocycles. The number of carbonyl (C=O) groups excluding carboxylic acids is 1. The summed E-state index contributed by atoms with van der Waals surface area (Å²) in [6, 6.07) is 10.6. The number of hydrogen-bond acceptors (Lipinski definition) is 5. The number of carboxylic acid groups (broad SMARTS) is 1. The number of carboxylic acids is 1. The minimum atomic E-state index is -4.01. The number of nitrogens with one attached hydrogen (secondary N) is 2. The van der Waals surface area contributed by atoms with E-state index in [2.05, 4.69) is 0 Å². The minimum Gasteiger partial charge on any atom is -0.508 e. The van der Waals surface area contributed by atoms with Crippen LogP contribution in [0.2, 0.25) is 0 Å². The molecule has 0 heterocycles. The van der Waals surface area contributed by atoms with Crippen molar-refractivity contribution in [2.24, 2.45) is 0 Å². The molecular formula is C15H14N2O6S. The summed E-state index contributed by atoms with van der Waals surface area (Å²) in [7, 11) is -4.01. The van der Waals surface area contributed by atoms with Crippen molar-refractivity contribution in [3.8, 4) is 5.75 Å². The minimum absolute atomic E-state index is 0.0782. The van der Waals surface area contributed by atoms with E-state index in [9.17, 15) is 23.1 Å². The Hall–Kier alpha value is -2.91. The van der Waals surface area contributed by atoms with Crippen molar-refractivity contribution >= 4 is 21.9 Å². The van der Waals surface area contributed by atoms with Gasteiger partial charge in [0.05, 0.1) is 11.3 Å². The topological polar surface area (TPSA) is 133 Å². The monoisotopic (exact) mass is 350 g/mol. The van der Waals surface area contributed by atoms with E-state index >= 15 is 0 Å². The van der Waals surface area contributed by atoms with Crippen molar-refractivity contribution in [1.29, 1.82) is 0 Å². The highest BCUT2D eigenvalue weighted by Gasteiger charge is 2.16. The lowest BCUT2D eigenvalue weighted by molar-refractivity contribution is -0.136. The SMILES string of the molecule is O=C(O)Cc1ccc(S(=O)(=O)NNC(=O)c2cccc(O)c2)cc1. The number of carbonyl (C=O) groups is 2. The second-order valence-corrected chi connectivity index (χ2v) is 6.51. The van der Waals surface area contributed by atoms with Gasteiger partial charge in [0.2, 0.25) is 0 Å². The van der Waals surface area contributed by atoms with Crippen molar-refractivity contribution in [2.45, 2.75) is 11.3 Å². The van der Waals surface area contributed by atoms with E-state index in [1.54, 1.807) is 0 Å². The highest BCUT2D eigenvalue weighted by atomic mass is 32.2. The molecule has 0 aromatic heterocycles. The van der Waals surface area contributed by atoms with E-state index in [0.717, 1.165) is 0 Å². The van der Waals surface area contributed by atoms with Crippen LogP contribution < -0.4 is 10.3 Å². The number of aliphatic carboxylic acids is 1. The van der Waals surface area contributed by atoms with Crippen LogP contribution in [0.1, 0.15) is 15.9 Å². The lowest BCUT2D eigenvalue weighted by atomic mass is 10.2. The molecule has 0 spiro atoms. The highest BCUT2D eigenvalue weighted by molar-refractivity contribution is 7.89. The van der Waals surface area contributed by atoms with Gasteiger partial charge in [-0.1, -0.05) is 18.2 Å². The maximum absolute atomic E-state index is 12.1. The Morgan fingerprint density at radius 1 is 1.04 bits per heavy atom. The molecule has 0 saturated carbocycles. The summed E-state index contributed by atoms with van der Waals surface area (Å²) in [6.45, 7) is 0. The molecule has 1 amide bonds. The average Bonchev–Trinajstić information content (AvgIpc) is 2.52. The summed E-state index contributed by atoms with van der Waals surface area (Å²) >= 11 is 0. The molecule has 126 valence electrons. The van der Waals surface area contributed by atoms with E-state index in [-0.39, 0.29) is 22.6 Å². The zero-order valence-electron chi connectivity index (χ0n) is 12.3. The van der Waals surface area contributed by atoms with E-state index in [1.165, 1.54) is 48.5 Å². The van der Waals surface area contributed by atoms with Crippen LogP contribution in [0.25, 0.3) is 0 Å². The van der Waals surface area contributed by atoms with Crippen LogP contribution in [0, 0.1) is 0 Å². The number of aromatic hydroxyl groups is 1. The molecule has 2 aromatic carbocycles. The summed E-state index contributed by atoms with van der Waals surface area (Å²) < 4.78 is 24.2. The molecule has 24 heavy (non-hydrogen) atoms. The molecule has 0 saturated heterocycles. The molecule has 2 aromatic rings. The number of benzene rings is 2. The van der Waals surface area contributed by atoms with Gasteiger partial charge in [-0.15, -0.1) is 4.83 Å². The summed E-state index contributed by atoms with van der Waals surface area (Å²) in [5.41, 5.74) is 2.56. The van der Waals surface area contributed by atoms with Crippen molar-refractivity contribution in [3.63, 3.8) is 0 Å². The van der Waals surface area contributed by atoms with E-state index in [1.807, 2.05) is 10.3 Å². The fourth-order valence-electron chi connectivity index (χ4n) is 1.85. The fraction of sp³-hybridized carbons (Fsp3) is 0.0667. The highest BCUT2D eigenvalue weighted by Crippen LogP contribution is 2.12. The number of phenols is 1. The van der Waals surface area contributed by atoms with Gasteiger partial charge in [-0.25, -0.2) is 8.42 Å². The first kappa shape index (κ1) is 17.4. The van der Waals surface area contributed by atoms with E-state index in [4.69, 9.17) is 5.11 Å². The zero-order chi connectivity index (χ0) is 17.7. The molecule has 0 aliphatic carbocycles. The Balaban J connectivity index is 2.05. The van der Waals surface area contributed by atoms with Crippen LogP contribution in [-0.2, 0) is 21.2 Å². The predicted octanol–water partition coefficient (Wildman–Crippen LogP) is 0.643. The zero-order valence-corrected chi connectivity index (χ0v) is 13.1. The van der Waals surface area contributed by atoms with Gasteiger partial charge in [0.1, 0.15) is 5.75 Å². The molecular weight excluding hydrogens is 336 g/mol. The summed E-state index contributed by atoms with van der Waals surface area (Å²) in [5.74, 6) is -1.89. The maximum atomic E-state index is 12.1. The molecule has 0 atom stereocenters. The van der Waals surface area contributed by atoms with Crippen LogP contribution in [-0.4, -0.2) is 30.5 Å². The molecule has 0 unspecified atom stereocenters. The van der Waals surface area contributed by atoms with Crippen LogP contribution in [0.5, 0.6) is 5.75 Å². The predicted molar refractivity (Wildman–Crippen MR) is 83.7 cm³/mol. The van der Waals surface area contributed by atoms with E-state index in [0.29, 0.717) is 5.56 Å². The van der Waals surface area contributed by atoms with Crippen LogP contribution in [0.15, 0.2) is 53.4 Å². The number of hydrazine groups is 1. The second kappa shape index (κ2) is 7.11. The lowest BCUT2D eigenvalue weighted by Crippen LogP contribution is -2.41. The van der Waals surface area contributed by atoms with Gasteiger partial charge in [0.25, 0.3) is 15.9 Å². The Kier molecular flexibility index (Phi) is 5.17. The van der Waals surface area contributed by atoms with Gasteiger partial charge in [-0.05, 0) is 35.9 Å². The Bertz CT molecular complexity index is 862. The van der Waals surface area contributed by atoms with Gasteiger partial charge in [-0.2, -0.15) is 0 Å². The molecule has 8 nitrogen and oxygen atoms in total. The molecule has 0 radical (unpaired) electrons. The Morgan fingerprint density at radius 3 is 2.29 bits per heavy atom. The van der Waals surface area contributed by atoms with Crippen molar-refractivity contribution in [1.82, 2.24) is 10.3 Å². The van der Waals surface area contributed by atoms with Gasteiger partial charge in [0.15, 0.2) is 0 Å². The molecule has 4 N–H and O–H groups in total. The normalized spacial score (nSPS) is 11.0. The van der Waals surface area contributed by atoms with Crippen molar-refractivity contribution in [2.75, 3.05) is 0 Å². The first-order valence-electron chi connectivity index (χ1n) is 6.70. The maximum Gasteiger partial charge on any atom is 0.307 e. The van der Waals surface area contributed by atoms with Crippen molar-refractivity contribution in [3.05, 3.63) is 59.7 Å². The molecule has 9 heteroatoms. The fourth-order valence-corrected chi connectivity index (χ4v) is 2.69. The Labute approximate surface area is 137 Å². The second-order valence-electron chi connectivity index (χ2n) is 4.82. The first-order chi connectivity index (χ1) is 11.3. The van der Waals surface area contributed by atoms with E-state index < -0.39 is 21.9 Å². The quantitative estimate of drug-likeness (QED) is 0.565. The number of amides is 1. The molecule has 0 fully saturated rings. The van der Waals surface area contributed by atoms with Gasteiger partial charge >= 0.3 is 5.97 Å². The van der Waals surface area contributed by atoms with Gasteiger partial charge < -0.3 is 10.2 Å². The van der Waals surface area contributed by atoms with Gasteiger partial charge in [0, 0.05) is 5.56 Å². The lowest BCUT2D eigenvalue weighted by Gasteiger charge is -2.09. The van der Waals surface area contributed by atoms with Crippen molar-refractivity contribution < 1.29 is 28.2 Å². The van der Waals surface area contributed by atoms with Gasteiger partial charge in [-0.3, -0.25) is 15.0 Å². The number of sulfonamides is 1. The number of rotatable bonds is 6. The third-order valence-electron chi connectivity index (χ3n) is 3.00. The standard InChI is InChI=1S/C15H14N2O6S/c18-12-3-1-2-11(9-12)15(21)16-17-24(22,23)13-6-4-10(5-7-13)8-14(19)20/h1-7,9,17-18H,8H2,(H,16,21)(H,19,20). The molecule has 0 aliphatic rings. The Morgan fingerprint density at radius 2 is 1.71 bits per heavy atom. The number of hydrogen-bond donors (Lipinski definition) is 4. The first-order valence-corrected chi connectivity index (χ1v) is 8.18. The number of phenolic OH excluding ortho intramolecular Hbond substituents is 1. The smallest absolute Gasteiger partial charge is 0.307 e. The summed E-state index contributed by atoms with van der Waals surface area (Å²) in [6.07, 6.45) is -0.220. The van der Waals surface area contributed by atoms with Crippen LogP contribution >= 0.6 is 0 Å². The average molecular weight is 350 g/mol. The summed E-state index contributed by atoms with van der Waals surface area (Å²) in [4.78, 5) is 24.2. The molecule has 0 bridgehead atoms. The largest absolute Gasteiger partial charge is 0.508 e. The summed E-state index contributed by atoms with van der Waals surface area (Å²) in [5, 5.41) is 18.0. The third-order valence-corrected chi connectivity index (χ3v) is 4.26. The third kappa shape index (κ3) is 4.54. The van der Waals surface area contributed by atoms with Crippen LogP contribution in [0.3, 0.4) is 0 Å².